The number of carbonyl (C=O) groups excluding carboxylic acids is 4. The molecule has 4 amide bonds. The second kappa shape index (κ2) is 12.3. The lowest BCUT2D eigenvalue weighted by molar-refractivity contribution is -0.143. The van der Waals surface area contributed by atoms with Crippen LogP contribution in [0.15, 0.2) is 42.5 Å². The lowest BCUT2D eigenvalue weighted by Gasteiger charge is -2.34. The average Bonchev–Trinajstić information content (AvgIpc) is 3.26. The van der Waals surface area contributed by atoms with Crippen molar-refractivity contribution in [2.45, 2.75) is 89.6 Å². The van der Waals surface area contributed by atoms with E-state index in [1.807, 2.05) is 42.5 Å². The van der Waals surface area contributed by atoms with Crippen molar-refractivity contribution in [1.82, 2.24) is 20.4 Å². The van der Waals surface area contributed by atoms with Gasteiger partial charge in [0.25, 0.3) is 0 Å². The van der Waals surface area contributed by atoms with Gasteiger partial charge in [0.1, 0.15) is 23.7 Å². The minimum Gasteiger partial charge on any atom is -0.444 e. The van der Waals surface area contributed by atoms with Crippen LogP contribution in [0.1, 0.15) is 58.9 Å². The van der Waals surface area contributed by atoms with Crippen molar-refractivity contribution in [2.24, 2.45) is 0 Å². The van der Waals surface area contributed by atoms with Crippen LogP contribution >= 0.6 is 0 Å². The van der Waals surface area contributed by atoms with Gasteiger partial charge in [-0.05, 0) is 65.4 Å². The lowest BCUT2D eigenvalue weighted by atomic mass is 10.0. The molecule has 0 bridgehead atoms. The SMILES string of the molecule is C[C@@H](C(=O)N[C@H]1CC=CC[C@H]2CC[C@@H](C(=O)NCCc3ccccc3)N2C1=O)N(C)C(=O)OC(C)(C)C. The first-order valence-corrected chi connectivity index (χ1v) is 13.0. The van der Waals surface area contributed by atoms with E-state index in [4.69, 9.17) is 4.74 Å². The molecule has 0 radical (unpaired) electrons. The van der Waals surface area contributed by atoms with Crippen LogP contribution in [0.5, 0.6) is 0 Å². The van der Waals surface area contributed by atoms with Gasteiger partial charge >= 0.3 is 6.09 Å². The minimum absolute atomic E-state index is 0.0878. The zero-order chi connectivity index (χ0) is 27.2. The first-order valence-electron chi connectivity index (χ1n) is 13.0. The number of hydrogen-bond donors (Lipinski definition) is 2. The van der Waals surface area contributed by atoms with Gasteiger partial charge in [0.2, 0.25) is 17.7 Å². The van der Waals surface area contributed by atoms with Crippen molar-refractivity contribution in [3.05, 3.63) is 48.0 Å². The Kier molecular flexibility index (Phi) is 9.34. The van der Waals surface area contributed by atoms with Crippen molar-refractivity contribution in [3.63, 3.8) is 0 Å². The van der Waals surface area contributed by atoms with Crippen LogP contribution < -0.4 is 10.6 Å². The van der Waals surface area contributed by atoms with E-state index in [0.717, 1.165) is 12.0 Å². The Bertz CT molecular complexity index is 1000. The number of carbonyl (C=O) groups is 4. The number of nitrogens with one attached hydrogen (secondary N) is 2. The van der Waals surface area contributed by atoms with E-state index < -0.39 is 35.7 Å². The van der Waals surface area contributed by atoms with Gasteiger partial charge in [0, 0.05) is 19.6 Å². The molecule has 9 nitrogen and oxygen atoms in total. The summed E-state index contributed by atoms with van der Waals surface area (Å²) in [6, 6.07) is 7.59. The summed E-state index contributed by atoms with van der Waals surface area (Å²) in [4.78, 5) is 55.0. The topological polar surface area (TPSA) is 108 Å². The first-order chi connectivity index (χ1) is 17.5. The standard InChI is InChI=1S/C28H40N4O5/c1-19(31(5)27(36)37-28(2,3)4)24(33)30-22-14-10-9-13-21-15-16-23(32(21)26(22)35)25(34)29-18-17-20-11-7-6-8-12-20/h6-12,19,21-23H,13-18H2,1-5H3,(H,29,34)(H,30,33)/t19-,21-,22-,23-/m0/s1. The number of fused-ring (bicyclic) bond motifs is 1. The summed E-state index contributed by atoms with van der Waals surface area (Å²) in [5.41, 5.74) is 0.441. The monoisotopic (exact) mass is 512 g/mol. The fraction of sp³-hybridized carbons (Fsp3) is 0.571. The third-order valence-electron chi connectivity index (χ3n) is 6.82. The Labute approximate surface area is 219 Å². The third-order valence-corrected chi connectivity index (χ3v) is 6.82. The molecular formula is C28H40N4O5. The van der Waals surface area contributed by atoms with Gasteiger partial charge in [-0.15, -0.1) is 0 Å². The van der Waals surface area contributed by atoms with Crippen LogP contribution in [0, 0.1) is 0 Å². The predicted octanol–water partition coefficient (Wildman–Crippen LogP) is 2.80. The van der Waals surface area contributed by atoms with Gasteiger partial charge in [-0.1, -0.05) is 42.5 Å². The molecule has 3 rings (SSSR count). The van der Waals surface area contributed by atoms with Crippen LogP contribution in [-0.2, 0) is 25.5 Å². The molecule has 202 valence electrons. The Morgan fingerprint density at radius 2 is 1.78 bits per heavy atom. The Morgan fingerprint density at radius 3 is 2.46 bits per heavy atom. The Hall–Kier alpha value is -3.36. The third kappa shape index (κ3) is 7.57. The predicted molar refractivity (Wildman–Crippen MR) is 141 cm³/mol. The van der Waals surface area contributed by atoms with E-state index in [0.29, 0.717) is 32.2 Å². The van der Waals surface area contributed by atoms with E-state index in [2.05, 4.69) is 10.6 Å². The van der Waals surface area contributed by atoms with Gasteiger partial charge in [0.05, 0.1) is 0 Å². The van der Waals surface area contributed by atoms with Crippen molar-refractivity contribution >= 4 is 23.8 Å². The first kappa shape index (κ1) is 28.2. The zero-order valence-electron chi connectivity index (χ0n) is 22.5. The molecule has 9 heteroatoms. The molecule has 2 heterocycles. The highest BCUT2D eigenvalue weighted by Crippen LogP contribution is 2.29. The highest BCUT2D eigenvalue weighted by atomic mass is 16.6. The lowest BCUT2D eigenvalue weighted by Crippen LogP contribution is -2.58. The van der Waals surface area contributed by atoms with E-state index in [9.17, 15) is 19.2 Å². The highest BCUT2D eigenvalue weighted by molar-refractivity contribution is 5.94. The van der Waals surface area contributed by atoms with Gasteiger partial charge in [0.15, 0.2) is 0 Å². The Balaban J connectivity index is 1.64. The quantitative estimate of drug-likeness (QED) is 0.547. The minimum atomic E-state index is -0.844. The summed E-state index contributed by atoms with van der Waals surface area (Å²) >= 11 is 0. The molecule has 0 aliphatic carbocycles. The summed E-state index contributed by atoms with van der Waals surface area (Å²) in [6.07, 6.45) is 6.31. The van der Waals surface area contributed by atoms with Gasteiger partial charge in [-0.25, -0.2) is 4.79 Å². The molecule has 2 aliphatic heterocycles. The summed E-state index contributed by atoms with van der Waals surface area (Å²) in [7, 11) is 1.49. The molecule has 0 aromatic heterocycles. The van der Waals surface area contributed by atoms with Crippen molar-refractivity contribution < 1.29 is 23.9 Å². The molecule has 2 aliphatic rings. The Morgan fingerprint density at radius 1 is 1.11 bits per heavy atom. The van der Waals surface area contributed by atoms with E-state index in [1.165, 1.54) is 11.9 Å². The number of benzene rings is 1. The van der Waals surface area contributed by atoms with Crippen molar-refractivity contribution in [3.8, 4) is 0 Å². The molecule has 0 unspecified atom stereocenters. The number of amides is 4. The number of likely N-dealkylation sites (N-methyl/N-ethyl adjacent to an activating group) is 1. The van der Waals surface area contributed by atoms with E-state index in [1.54, 1.807) is 32.6 Å². The average molecular weight is 513 g/mol. The molecule has 37 heavy (non-hydrogen) atoms. The molecule has 1 aromatic rings. The van der Waals surface area contributed by atoms with E-state index >= 15 is 0 Å². The molecule has 4 atom stereocenters. The van der Waals surface area contributed by atoms with Crippen LogP contribution in [0.3, 0.4) is 0 Å². The molecule has 1 saturated heterocycles. The summed E-state index contributed by atoms with van der Waals surface area (Å²) in [6.45, 7) is 7.34. The molecule has 1 fully saturated rings. The van der Waals surface area contributed by atoms with E-state index in [-0.39, 0.29) is 17.9 Å². The molecular weight excluding hydrogens is 472 g/mol. The molecule has 1 aromatic carbocycles. The van der Waals surface area contributed by atoms with Gasteiger partial charge in [-0.2, -0.15) is 0 Å². The van der Waals surface area contributed by atoms with Crippen LogP contribution in [-0.4, -0.2) is 77.0 Å². The maximum absolute atomic E-state index is 13.6. The molecule has 2 N–H and O–H groups in total. The number of rotatable bonds is 7. The summed E-state index contributed by atoms with van der Waals surface area (Å²) in [5, 5.41) is 5.80. The largest absolute Gasteiger partial charge is 0.444 e. The maximum Gasteiger partial charge on any atom is 0.410 e. The number of nitrogens with zero attached hydrogens (tertiary/aromatic N) is 2. The van der Waals surface area contributed by atoms with Crippen molar-refractivity contribution in [1.29, 1.82) is 0 Å². The summed E-state index contributed by atoms with van der Waals surface area (Å²) < 4.78 is 5.35. The number of hydrogen-bond acceptors (Lipinski definition) is 5. The maximum atomic E-state index is 13.6. The number of ether oxygens (including phenoxy) is 1. The summed E-state index contributed by atoms with van der Waals surface area (Å²) in [5.74, 6) is -0.893. The second-order valence-corrected chi connectivity index (χ2v) is 10.8. The fourth-order valence-electron chi connectivity index (χ4n) is 4.65. The smallest absolute Gasteiger partial charge is 0.410 e. The van der Waals surface area contributed by atoms with Gasteiger partial charge in [-0.3, -0.25) is 19.3 Å². The molecule has 0 spiro atoms. The van der Waals surface area contributed by atoms with Crippen LogP contribution in [0.25, 0.3) is 0 Å². The van der Waals surface area contributed by atoms with Crippen LogP contribution in [0.2, 0.25) is 0 Å². The van der Waals surface area contributed by atoms with Crippen LogP contribution in [0.4, 0.5) is 4.79 Å². The van der Waals surface area contributed by atoms with Gasteiger partial charge < -0.3 is 20.3 Å². The van der Waals surface area contributed by atoms with Crippen molar-refractivity contribution in [2.75, 3.05) is 13.6 Å². The second-order valence-electron chi connectivity index (χ2n) is 10.8. The zero-order valence-corrected chi connectivity index (χ0v) is 22.5. The normalized spacial score (nSPS) is 22.4. The molecule has 0 saturated carbocycles. The fourth-order valence-corrected chi connectivity index (χ4v) is 4.65. The highest BCUT2D eigenvalue weighted by Gasteiger charge is 2.43.